The monoisotopic (exact) mass is 224 g/mol. The Labute approximate surface area is 92.1 Å². The third-order valence-electron chi connectivity index (χ3n) is 1.73. The first-order chi connectivity index (χ1) is 7.15. The maximum absolute atomic E-state index is 11.5. The zero-order chi connectivity index (χ0) is 11.3. The van der Waals surface area contributed by atoms with E-state index in [-0.39, 0.29) is 24.3 Å². The number of carbonyl (C=O) groups is 1. The van der Waals surface area contributed by atoms with Crippen LogP contribution in [0, 0.1) is 11.3 Å². The van der Waals surface area contributed by atoms with Crippen molar-refractivity contribution in [2.45, 2.75) is 6.42 Å². The molecule has 0 saturated carbocycles. The molecule has 0 unspecified atom stereocenters. The summed E-state index contributed by atoms with van der Waals surface area (Å²) in [5.41, 5.74) is 0.112. The minimum absolute atomic E-state index is 0.112. The Bertz CT molecular complexity index is 412. The van der Waals surface area contributed by atoms with Gasteiger partial charge in [0.1, 0.15) is 5.75 Å². The minimum Gasteiger partial charge on any atom is -0.507 e. The molecule has 0 aliphatic rings. The first-order valence-electron chi connectivity index (χ1n) is 4.29. The summed E-state index contributed by atoms with van der Waals surface area (Å²) in [5.74, 6) is -0.570. The molecule has 0 aliphatic heterocycles. The summed E-state index contributed by atoms with van der Waals surface area (Å²) in [4.78, 5) is 11.5. The van der Waals surface area contributed by atoms with Crippen LogP contribution in [0.2, 0.25) is 5.02 Å². The van der Waals surface area contributed by atoms with Crippen molar-refractivity contribution in [3.05, 3.63) is 28.8 Å². The molecule has 2 N–H and O–H groups in total. The smallest absolute Gasteiger partial charge is 0.255 e. The van der Waals surface area contributed by atoms with Crippen LogP contribution < -0.4 is 5.32 Å². The molecule has 0 fully saturated rings. The Morgan fingerprint density at radius 2 is 2.33 bits per heavy atom. The maximum atomic E-state index is 11.5. The van der Waals surface area contributed by atoms with Crippen molar-refractivity contribution in [2.24, 2.45) is 0 Å². The van der Waals surface area contributed by atoms with Gasteiger partial charge in [0, 0.05) is 11.6 Å². The Kier molecular flexibility index (Phi) is 3.95. The van der Waals surface area contributed by atoms with Gasteiger partial charge in [-0.25, -0.2) is 0 Å². The van der Waals surface area contributed by atoms with Crippen molar-refractivity contribution in [1.82, 2.24) is 5.32 Å². The van der Waals surface area contributed by atoms with Crippen LogP contribution in [-0.2, 0) is 0 Å². The summed E-state index contributed by atoms with van der Waals surface area (Å²) >= 11 is 5.68. The highest BCUT2D eigenvalue weighted by Gasteiger charge is 2.10. The topological polar surface area (TPSA) is 73.1 Å². The summed E-state index contributed by atoms with van der Waals surface area (Å²) in [6.07, 6.45) is 0.229. The Morgan fingerprint density at radius 3 is 3.00 bits per heavy atom. The summed E-state index contributed by atoms with van der Waals surface area (Å²) < 4.78 is 0. The van der Waals surface area contributed by atoms with E-state index >= 15 is 0 Å². The lowest BCUT2D eigenvalue weighted by molar-refractivity contribution is 0.0952. The highest BCUT2D eigenvalue weighted by molar-refractivity contribution is 6.31. The van der Waals surface area contributed by atoms with E-state index in [4.69, 9.17) is 16.9 Å². The maximum Gasteiger partial charge on any atom is 0.255 e. The Hall–Kier alpha value is -1.73. The predicted molar refractivity (Wildman–Crippen MR) is 55.7 cm³/mol. The average Bonchev–Trinajstić information content (AvgIpc) is 2.22. The lowest BCUT2D eigenvalue weighted by Crippen LogP contribution is -2.24. The fourth-order valence-electron chi connectivity index (χ4n) is 1.02. The first-order valence-corrected chi connectivity index (χ1v) is 4.66. The molecular formula is C10H9ClN2O2. The van der Waals surface area contributed by atoms with Gasteiger partial charge in [0.15, 0.2) is 0 Å². The molecule has 15 heavy (non-hydrogen) atoms. The van der Waals surface area contributed by atoms with E-state index < -0.39 is 5.91 Å². The van der Waals surface area contributed by atoms with E-state index in [1.165, 1.54) is 18.2 Å². The van der Waals surface area contributed by atoms with Crippen molar-refractivity contribution in [1.29, 1.82) is 5.26 Å². The second-order valence-corrected chi connectivity index (χ2v) is 3.26. The normalized spacial score (nSPS) is 9.33. The molecule has 1 aromatic rings. The molecule has 1 amide bonds. The minimum atomic E-state index is -0.440. The Morgan fingerprint density at radius 1 is 1.60 bits per heavy atom. The summed E-state index contributed by atoms with van der Waals surface area (Å²) in [6.45, 7) is 0.251. The van der Waals surface area contributed by atoms with Crippen molar-refractivity contribution >= 4 is 17.5 Å². The quantitative estimate of drug-likeness (QED) is 0.768. The molecule has 0 heterocycles. The van der Waals surface area contributed by atoms with Gasteiger partial charge in [-0.3, -0.25) is 4.79 Å². The van der Waals surface area contributed by atoms with Crippen molar-refractivity contribution < 1.29 is 9.90 Å². The van der Waals surface area contributed by atoms with Crippen molar-refractivity contribution in [2.75, 3.05) is 6.54 Å². The number of hydrogen-bond acceptors (Lipinski definition) is 3. The molecule has 0 bridgehead atoms. The Balaban J connectivity index is 2.73. The summed E-state index contributed by atoms with van der Waals surface area (Å²) in [5, 5.41) is 20.5. The van der Waals surface area contributed by atoms with Gasteiger partial charge in [0.05, 0.1) is 18.1 Å². The second-order valence-electron chi connectivity index (χ2n) is 2.83. The molecule has 0 aromatic heterocycles. The van der Waals surface area contributed by atoms with E-state index in [1.54, 1.807) is 0 Å². The third kappa shape index (κ3) is 3.15. The second kappa shape index (κ2) is 5.23. The number of nitrogens with zero attached hydrogens (tertiary/aromatic N) is 1. The van der Waals surface area contributed by atoms with Gasteiger partial charge in [-0.15, -0.1) is 0 Å². The van der Waals surface area contributed by atoms with Crippen molar-refractivity contribution in [3.63, 3.8) is 0 Å². The van der Waals surface area contributed by atoms with Gasteiger partial charge >= 0.3 is 0 Å². The zero-order valence-corrected chi connectivity index (χ0v) is 8.58. The van der Waals surface area contributed by atoms with Crippen LogP contribution in [0.15, 0.2) is 18.2 Å². The number of amides is 1. The van der Waals surface area contributed by atoms with Crippen LogP contribution in [-0.4, -0.2) is 17.6 Å². The number of phenolic OH excluding ortho intramolecular Hbond substituents is 1. The van der Waals surface area contributed by atoms with E-state index in [1.807, 2.05) is 6.07 Å². The number of halogens is 1. The number of rotatable bonds is 3. The molecule has 78 valence electrons. The molecule has 5 heteroatoms. The molecule has 1 rings (SSSR count). The fourth-order valence-corrected chi connectivity index (χ4v) is 1.19. The average molecular weight is 225 g/mol. The summed E-state index contributed by atoms with van der Waals surface area (Å²) in [6, 6.07) is 6.11. The van der Waals surface area contributed by atoms with Gasteiger partial charge < -0.3 is 10.4 Å². The van der Waals surface area contributed by atoms with Gasteiger partial charge in [0.25, 0.3) is 5.91 Å². The molecular weight excluding hydrogens is 216 g/mol. The molecule has 0 spiro atoms. The van der Waals surface area contributed by atoms with Crippen LogP contribution in [0.1, 0.15) is 16.8 Å². The molecule has 0 saturated heterocycles. The van der Waals surface area contributed by atoms with Gasteiger partial charge in [-0.05, 0) is 18.2 Å². The fraction of sp³-hybridized carbons (Fsp3) is 0.200. The lowest BCUT2D eigenvalue weighted by Gasteiger charge is -2.05. The largest absolute Gasteiger partial charge is 0.507 e. The van der Waals surface area contributed by atoms with Crippen LogP contribution in [0.25, 0.3) is 0 Å². The van der Waals surface area contributed by atoms with E-state index in [0.717, 1.165) is 0 Å². The number of hydrogen-bond donors (Lipinski definition) is 2. The molecule has 0 aliphatic carbocycles. The lowest BCUT2D eigenvalue weighted by atomic mass is 10.2. The van der Waals surface area contributed by atoms with Gasteiger partial charge in [-0.1, -0.05) is 11.6 Å². The summed E-state index contributed by atoms with van der Waals surface area (Å²) in [7, 11) is 0. The standard InChI is InChI=1S/C10H9ClN2O2/c11-7-2-3-9(14)8(6-7)10(15)13-5-1-4-12/h2-3,6,14H,1,5H2,(H,13,15). The van der Waals surface area contributed by atoms with Crippen molar-refractivity contribution in [3.8, 4) is 11.8 Å². The molecule has 4 nitrogen and oxygen atoms in total. The number of aromatic hydroxyl groups is 1. The SMILES string of the molecule is N#CCCNC(=O)c1cc(Cl)ccc1O. The highest BCUT2D eigenvalue weighted by atomic mass is 35.5. The van der Waals surface area contributed by atoms with Crippen LogP contribution in [0.5, 0.6) is 5.75 Å². The first kappa shape index (κ1) is 11.3. The molecule has 0 atom stereocenters. The zero-order valence-electron chi connectivity index (χ0n) is 7.83. The molecule has 0 radical (unpaired) electrons. The van der Waals surface area contributed by atoms with E-state index in [0.29, 0.717) is 5.02 Å². The predicted octanol–water partition coefficient (Wildman–Crippen LogP) is 1.69. The van der Waals surface area contributed by atoms with E-state index in [9.17, 15) is 9.90 Å². The number of benzene rings is 1. The number of phenols is 1. The van der Waals surface area contributed by atoms with Crippen LogP contribution in [0.3, 0.4) is 0 Å². The number of nitriles is 1. The van der Waals surface area contributed by atoms with Crippen LogP contribution in [0.4, 0.5) is 0 Å². The number of carbonyl (C=O) groups excluding carboxylic acids is 1. The van der Waals surface area contributed by atoms with E-state index in [2.05, 4.69) is 5.32 Å². The number of nitrogens with one attached hydrogen (secondary N) is 1. The van der Waals surface area contributed by atoms with Gasteiger partial charge in [-0.2, -0.15) is 5.26 Å². The third-order valence-corrected chi connectivity index (χ3v) is 1.96. The van der Waals surface area contributed by atoms with Gasteiger partial charge in [0.2, 0.25) is 0 Å². The highest BCUT2D eigenvalue weighted by Crippen LogP contribution is 2.21. The van der Waals surface area contributed by atoms with Crippen LogP contribution >= 0.6 is 11.6 Å². The molecule has 1 aromatic carbocycles.